The van der Waals surface area contributed by atoms with Gasteiger partial charge in [-0.05, 0) is 135 Å². The van der Waals surface area contributed by atoms with Crippen LogP contribution in [0, 0.1) is 29.6 Å². The summed E-state index contributed by atoms with van der Waals surface area (Å²) in [6.45, 7) is 0. The maximum absolute atomic E-state index is 3.62. The summed E-state index contributed by atoms with van der Waals surface area (Å²) in [5.41, 5.74) is 0. The first-order chi connectivity index (χ1) is 18.9. The Kier molecular flexibility index (Phi) is 12.1. The second-order valence-electron chi connectivity index (χ2n) is 15.8. The van der Waals surface area contributed by atoms with Crippen LogP contribution >= 0.6 is 27.7 Å². The fourth-order valence-corrected chi connectivity index (χ4v) is 13.3. The minimum atomic E-state index is 0.508. The molecule has 0 amide bonds. The van der Waals surface area contributed by atoms with Crippen LogP contribution in [0.4, 0.5) is 0 Å². The Bertz CT molecular complexity index is 675. The van der Waals surface area contributed by atoms with E-state index < -0.39 is 0 Å². The Morgan fingerprint density at radius 2 is 0.821 bits per heavy atom. The second-order valence-corrected chi connectivity index (χ2v) is 19.1. The van der Waals surface area contributed by atoms with Crippen LogP contribution in [0.1, 0.15) is 180 Å². The summed E-state index contributed by atoms with van der Waals surface area (Å²) in [5.74, 6) is 4.87. The third-order valence-corrected chi connectivity index (χ3v) is 17.2. The molecule has 0 saturated heterocycles. The van der Waals surface area contributed by atoms with Crippen molar-refractivity contribution in [3.8, 4) is 0 Å². The molecule has 0 nitrogen and oxygen atoms in total. The predicted octanol–water partition coefficient (Wildman–Crippen LogP) is 11.9. The molecule has 5 aliphatic rings. The van der Waals surface area contributed by atoms with Gasteiger partial charge in [0.1, 0.15) is 0 Å². The van der Waals surface area contributed by atoms with Crippen molar-refractivity contribution in [1.82, 2.24) is 0 Å². The monoisotopic (exact) mass is 592 g/mol. The van der Waals surface area contributed by atoms with Gasteiger partial charge in [-0.2, -0.15) is 0 Å². The Morgan fingerprint density at radius 3 is 1.23 bits per heavy atom. The minimum Gasteiger partial charge on any atom is -0.131 e. The number of hydrogen-bond acceptors (Lipinski definition) is 0. The Balaban J connectivity index is 1.28. The molecule has 5 rings (SSSR count). The number of rotatable bonds is 10. The normalized spacial score (nSPS) is 31.9. The average Bonchev–Trinajstić information content (AvgIpc) is 3.01. The first kappa shape index (κ1) is 31.7. The largest absolute Gasteiger partial charge is 0.131 e. The van der Waals surface area contributed by atoms with Gasteiger partial charge in [-0.25, -0.2) is 0 Å². The van der Waals surface area contributed by atoms with Crippen molar-refractivity contribution in [2.45, 2.75) is 195 Å². The zero-order valence-corrected chi connectivity index (χ0v) is 29.4. The Hall–Kier alpha value is 1.29. The SMILES string of the molecule is PC1(CCC(P)(C2CCCCC2)C2CCCCC2)CCCCC1CCC(P)(C1CCCCC1)C1CCCCC1. The maximum Gasteiger partial charge on any atom is -0.00935 e. The highest BCUT2D eigenvalue weighted by Crippen LogP contribution is 2.57. The van der Waals surface area contributed by atoms with Crippen molar-refractivity contribution < 1.29 is 0 Å². The summed E-state index contributed by atoms with van der Waals surface area (Å²) < 4.78 is 0. The molecule has 0 aromatic carbocycles. The molecule has 5 aliphatic carbocycles. The van der Waals surface area contributed by atoms with Gasteiger partial charge in [0, 0.05) is 0 Å². The molecule has 5 unspecified atom stereocenters. The van der Waals surface area contributed by atoms with Crippen molar-refractivity contribution in [1.29, 1.82) is 0 Å². The van der Waals surface area contributed by atoms with Gasteiger partial charge >= 0.3 is 0 Å². The van der Waals surface area contributed by atoms with Crippen LogP contribution in [0.3, 0.4) is 0 Å². The molecule has 0 aromatic heterocycles. The van der Waals surface area contributed by atoms with E-state index in [0.717, 1.165) is 29.6 Å². The molecule has 226 valence electrons. The van der Waals surface area contributed by atoms with E-state index in [9.17, 15) is 0 Å². The topological polar surface area (TPSA) is 0 Å². The molecular weight excluding hydrogens is 525 g/mol. The molecule has 0 N–H and O–H groups in total. The van der Waals surface area contributed by atoms with Crippen LogP contribution in [0.5, 0.6) is 0 Å². The lowest BCUT2D eigenvalue weighted by Gasteiger charge is -2.51. The van der Waals surface area contributed by atoms with Gasteiger partial charge in [0.15, 0.2) is 0 Å². The fourth-order valence-electron chi connectivity index (χ4n) is 11.0. The van der Waals surface area contributed by atoms with E-state index >= 15 is 0 Å². The maximum atomic E-state index is 3.62. The van der Waals surface area contributed by atoms with Crippen molar-refractivity contribution in [3.05, 3.63) is 0 Å². The lowest BCUT2D eigenvalue weighted by molar-refractivity contribution is 0.132. The van der Waals surface area contributed by atoms with Crippen LogP contribution in [0.2, 0.25) is 0 Å². The third-order valence-electron chi connectivity index (χ3n) is 13.7. The van der Waals surface area contributed by atoms with Gasteiger partial charge < -0.3 is 0 Å². The van der Waals surface area contributed by atoms with E-state index in [1.807, 2.05) is 0 Å². The smallest absolute Gasteiger partial charge is 0.00935 e. The molecule has 3 heteroatoms. The molecule has 0 radical (unpaired) electrons. The van der Waals surface area contributed by atoms with Gasteiger partial charge in [-0.3, -0.25) is 0 Å². The zero-order valence-electron chi connectivity index (χ0n) is 25.9. The standard InChI is InChI=1S/C36H67P3/c37-34(27-28-36(39,32-20-9-3-10-21-32)33-22-11-4-12-23-33)25-14-13-15-29(34)24-26-35(38,30-16-5-1-6-17-30)31-18-7-2-8-19-31/h29-33H,1-28,37-39H2. The Morgan fingerprint density at radius 1 is 0.462 bits per heavy atom. The first-order valence-electron chi connectivity index (χ1n) is 18.3. The molecule has 0 bridgehead atoms. The van der Waals surface area contributed by atoms with Crippen LogP contribution in [-0.4, -0.2) is 15.5 Å². The molecule has 0 aliphatic heterocycles. The second kappa shape index (κ2) is 14.8. The van der Waals surface area contributed by atoms with Gasteiger partial charge in [0.05, 0.1) is 0 Å². The summed E-state index contributed by atoms with van der Waals surface area (Å²) >= 11 is 0. The van der Waals surface area contributed by atoms with Crippen molar-refractivity contribution in [3.63, 3.8) is 0 Å². The average molecular weight is 593 g/mol. The van der Waals surface area contributed by atoms with E-state index in [1.54, 1.807) is 0 Å². The molecule has 0 heterocycles. The van der Waals surface area contributed by atoms with Crippen LogP contribution in [0.15, 0.2) is 0 Å². The van der Waals surface area contributed by atoms with Gasteiger partial charge in [-0.15, -0.1) is 27.7 Å². The molecule has 0 aromatic rings. The zero-order chi connectivity index (χ0) is 27.2. The third kappa shape index (κ3) is 7.69. The lowest BCUT2D eigenvalue weighted by Crippen LogP contribution is -2.45. The van der Waals surface area contributed by atoms with E-state index in [-0.39, 0.29) is 0 Å². The fraction of sp³-hybridized carbons (Fsp3) is 1.00. The van der Waals surface area contributed by atoms with E-state index in [4.69, 9.17) is 0 Å². The van der Waals surface area contributed by atoms with Crippen molar-refractivity contribution in [2.24, 2.45) is 29.6 Å². The summed E-state index contributed by atoms with van der Waals surface area (Å²) in [6.07, 6.45) is 42.1. The quantitative estimate of drug-likeness (QED) is 0.221. The highest BCUT2D eigenvalue weighted by atomic mass is 31.0. The molecule has 5 atom stereocenters. The summed E-state index contributed by atoms with van der Waals surface area (Å²) in [5, 5.41) is 1.58. The molecular formula is C36H67P3. The van der Waals surface area contributed by atoms with E-state index in [1.165, 1.54) is 180 Å². The summed E-state index contributed by atoms with van der Waals surface area (Å²) in [7, 11) is 10.8. The Labute approximate surface area is 251 Å². The molecule has 39 heavy (non-hydrogen) atoms. The van der Waals surface area contributed by atoms with Gasteiger partial charge in [0.25, 0.3) is 0 Å². The van der Waals surface area contributed by atoms with Crippen molar-refractivity contribution >= 4 is 27.7 Å². The van der Waals surface area contributed by atoms with E-state index in [0.29, 0.717) is 15.5 Å². The first-order valence-corrected chi connectivity index (χ1v) is 20.0. The van der Waals surface area contributed by atoms with Gasteiger partial charge in [-0.1, -0.05) is 89.9 Å². The van der Waals surface area contributed by atoms with Gasteiger partial charge in [0.2, 0.25) is 0 Å². The highest BCUT2D eigenvalue weighted by molar-refractivity contribution is 7.19. The number of hydrogen-bond donors (Lipinski definition) is 0. The van der Waals surface area contributed by atoms with Crippen molar-refractivity contribution in [2.75, 3.05) is 0 Å². The van der Waals surface area contributed by atoms with Crippen LogP contribution < -0.4 is 0 Å². The minimum absolute atomic E-state index is 0.508. The molecule has 5 saturated carbocycles. The summed E-state index contributed by atoms with van der Waals surface area (Å²) in [4.78, 5) is 0. The van der Waals surface area contributed by atoms with Crippen LogP contribution in [0.25, 0.3) is 0 Å². The van der Waals surface area contributed by atoms with Crippen LogP contribution in [-0.2, 0) is 0 Å². The summed E-state index contributed by atoms with van der Waals surface area (Å²) in [6, 6.07) is 0. The highest BCUT2D eigenvalue weighted by Gasteiger charge is 2.47. The molecule has 5 fully saturated rings. The predicted molar refractivity (Wildman–Crippen MR) is 184 cm³/mol. The van der Waals surface area contributed by atoms with E-state index in [2.05, 4.69) is 27.7 Å². The lowest BCUT2D eigenvalue weighted by atomic mass is 9.63. The molecule has 0 spiro atoms.